The highest BCUT2D eigenvalue weighted by Gasteiger charge is 2.26. The van der Waals surface area contributed by atoms with E-state index in [1.807, 2.05) is 37.5 Å². The SMILES string of the molecule is CCNC(=O)Nc1nc2cc(-c3cnc(N4CCCC4COC)nc3)ccc2[nH]1. The van der Waals surface area contributed by atoms with Crippen LogP contribution in [0.25, 0.3) is 22.2 Å². The lowest BCUT2D eigenvalue weighted by Gasteiger charge is -2.23. The van der Waals surface area contributed by atoms with Crippen LogP contribution in [0.3, 0.4) is 0 Å². The smallest absolute Gasteiger partial charge is 0.321 e. The van der Waals surface area contributed by atoms with Crippen LogP contribution in [0.5, 0.6) is 0 Å². The molecule has 0 aliphatic carbocycles. The number of rotatable bonds is 6. The van der Waals surface area contributed by atoms with Gasteiger partial charge in [0.15, 0.2) is 0 Å². The summed E-state index contributed by atoms with van der Waals surface area (Å²) in [5.74, 6) is 1.15. The summed E-state index contributed by atoms with van der Waals surface area (Å²) in [4.78, 5) is 30.6. The fourth-order valence-electron chi connectivity index (χ4n) is 3.64. The van der Waals surface area contributed by atoms with Crippen molar-refractivity contribution < 1.29 is 9.53 Å². The van der Waals surface area contributed by atoms with Crippen molar-refractivity contribution in [2.24, 2.45) is 0 Å². The number of benzene rings is 1. The summed E-state index contributed by atoms with van der Waals surface area (Å²) in [5, 5.41) is 5.36. The molecular weight excluding hydrogens is 370 g/mol. The second kappa shape index (κ2) is 8.44. The largest absolute Gasteiger partial charge is 0.383 e. The Labute approximate surface area is 168 Å². The van der Waals surface area contributed by atoms with Gasteiger partial charge in [-0.2, -0.15) is 0 Å². The molecule has 3 heterocycles. The number of hydrogen-bond acceptors (Lipinski definition) is 6. The van der Waals surface area contributed by atoms with Crippen molar-refractivity contribution >= 4 is 29.0 Å². The minimum Gasteiger partial charge on any atom is -0.383 e. The molecule has 152 valence electrons. The molecule has 0 spiro atoms. The molecule has 1 aliphatic rings. The fourth-order valence-corrected chi connectivity index (χ4v) is 3.64. The molecule has 4 rings (SSSR count). The lowest BCUT2D eigenvalue weighted by Crippen LogP contribution is -2.34. The summed E-state index contributed by atoms with van der Waals surface area (Å²) < 4.78 is 5.31. The fraction of sp³-hybridized carbons (Fsp3) is 0.400. The maximum absolute atomic E-state index is 11.7. The van der Waals surface area contributed by atoms with Crippen LogP contribution in [0.4, 0.5) is 16.7 Å². The Bertz CT molecular complexity index is 986. The van der Waals surface area contributed by atoms with Crippen LogP contribution in [0.15, 0.2) is 30.6 Å². The van der Waals surface area contributed by atoms with E-state index in [4.69, 9.17) is 4.74 Å². The molecule has 2 aromatic heterocycles. The third-order valence-corrected chi connectivity index (χ3v) is 5.02. The van der Waals surface area contributed by atoms with Gasteiger partial charge in [0.25, 0.3) is 0 Å². The van der Waals surface area contributed by atoms with Gasteiger partial charge in [-0.05, 0) is 37.5 Å². The molecule has 2 amide bonds. The maximum Gasteiger partial charge on any atom is 0.321 e. The third-order valence-electron chi connectivity index (χ3n) is 5.02. The van der Waals surface area contributed by atoms with Crippen molar-refractivity contribution in [3.63, 3.8) is 0 Å². The highest BCUT2D eigenvalue weighted by molar-refractivity contribution is 5.90. The number of hydrogen-bond donors (Lipinski definition) is 3. The first-order chi connectivity index (χ1) is 14.2. The van der Waals surface area contributed by atoms with Gasteiger partial charge in [-0.1, -0.05) is 6.07 Å². The molecule has 1 aliphatic heterocycles. The second-order valence-electron chi connectivity index (χ2n) is 7.02. The molecule has 29 heavy (non-hydrogen) atoms. The summed E-state index contributed by atoms with van der Waals surface area (Å²) in [6.07, 6.45) is 5.90. The molecule has 1 atom stereocenters. The zero-order chi connectivity index (χ0) is 20.2. The molecule has 1 unspecified atom stereocenters. The number of aromatic nitrogens is 4. The zero-order valence-corrected chi connectivity index (χ0v) is 16.6. The molecule has 9 heteroatoms. The van der Waals surface area contributed by atoms with Crippen molar-refractivity contribution in [3.05, 3.63) is 30.6 Å². The highest BCUT2D eigenvalue weighted by Crippen LogP contribution is 2.26. The summed E-state index contributed by atoms with van der Waals surface area (Å²) >= 11 is 0. The van der Waals surface area contributed by atoms with E-state index < -0.39 is 0 Å². The number of carbonyl (C=O) groups is 1. The Balaban J connectivity index is 1.52. The van der Waals surface area contributed by atoms with E-state index in [1.165, 1.54) is 0 Å². The number of H-pyrrole nitrogens is 1. The standard InChI is InChI=1S/C20H25N7O2/c1-3-21-20(28)26-18-24-16-7-6-13(9-17(16)25-18)14-10-22-19(23-11-14)27-8-4-5-15(27)12-29-2/h6-7,9-11,15H,3-5,8,12H2,1-2H3,(H3,21,24,25,26,28). The molecule has 1 saturated heterocycles. The van der Waals surface area contributed by atoms with Crippen LogP contribution in [0.2, 0.25) is 0 Å². The van der Waals surface area contributed by atoms with Gasteiger partial charge in [0.1, 0.15) is 0 Å². The van der Waals surface area contributed by atoms with E-state index in [-0.39, 0.29) is 6.03 Å². The van der Waals surface area contributed by atoms with Gasteiger partial charge in [0.2, 0.25) is 11.9 Å². The number of amides is 2. The average Bonchev–Trinajstić information content (AvgIpc) is 3.34. The summed E-state index contributed by atoms with van der Waals surface area (Å²) in [6.45, 7) is 4.05. The normalized spacial score (nSPS) is 16.3. The van der Waals surface area contributed by atoms with E-state index in [1.54, 1.807) is 7.11 Å². The predicted octanol–water partition coefficient (Wildman–Crippen LogP) is 2.78. The first-order valence-corrected chi connectivity index (χ1v) is 9.80. The first kappa shape index (κ1) is 19.1. The van der Waals surface area contributed by atoms with E-state index in [2.05, 4.69) is 35.5 Å². The lowest BCUT2D eigenvalue weighted by atomic mass is 10.1. The van der Waals surface area contributed by atoms with Gasteiger partial charge >= 0.3 is 6.03 Å². The first-order valence-electron chi connectivity index (χ1n) is 9.80. The van der Waals surface area contributed by atoms with Crippen molar-refractivity contribution in [1.82, 2.24) is 25.3 Å². The molecule has 3 aromatic rings. The molecule has 9 nitrogen and oxygen atoms in total. The third kappa shape index (κ3) is 4.14. The van der Waals surface area contributed by atoms with Crippen LogP contribution in [-0.2, 0) is 4.74 Å². The highest BCUT2D eigenvalue weighted by atomic mass is 16.5. The van der Waals surface area contributed by atoms with Crippen LogP contribution in [-0.4, -0.2) is 58.8 Å². The van der Waals surface area contributed by atoms with Crippen LogP contribution >= 0.6 is 0 Å². The molecular formula is C20H25N7O2. The number of ether oxygens (including phenoxy) is 1. The number of aromatic amines is 1. The van der Waals surface area contributed by atoms with Crippen molar-refractivity contribution in [3.8, 4) is 11.1 Å². The van der Waals surface area contributed by atoms with Gasteiger partial charge in [0.05, 0.1) is 23.7 Å². The van der Waals surface area contributed by atoms with Gasteiger partial charge in [-0.3, -0.25) is 5.32 Å². The van der Waals surface area contributed by atoms with Crippen LogP contribution in [0.1, 0.15) is 19.8 Å². The molecule has 3 N–H and O–H groups in total. The monoisotopic (exact) mass is 395 g/mol. The number of carbonyl (C=O) groups excluding carboxylic acids is 1. The van der Waals surface area contributed by atoms with Gasteiger partial charge in [0, 0.05) is 38.2 Å². The number of nitrogens with one attached hydrogen (secondary N) is 3. The number of fused-ring (bicyclic) bond motifs is 1. The average molecular weight is 395 g/mol. The predicted molar refractivity (Wildman–Crippen MR) is 112 cm³/mol. The number of urea groups is 1. The van der Waals surface area contributed by atoms with Crippen molar-refractivity contribution in [2.45, 2.75) is 25.8 Å². The Morgan fingerprint density at radius 1 is 1.31 bits per heavy atom. The Morgan fingerprint density at radius 3 is 2.90 bits per heavy atom. The summed E-state index contributed by atoms with van der Waals surface area (Å²) in [7, 11) is 1.73. The number of anilines is 2. The summed E-state index contributed by atoms with van der Waals surface area (Å²) in [6, 6.07) is 5.92. The molecule has 0 saturated carbocycles. The lowest BCUT2D eigenvalue weighted by molar-refractivity contribution is 0.180. The quantitative estimate of drug-likeness (QED) is 0.592. The van der Waals surface area contributed by atoms with Crippen LogP contribution in [0, 0.1) is 0 Å². The number of methoxy groups -OCH3 is 1. The Kier molecular flexibility index (Phi) is 5.57. The van der Waals surface area contributed by atoms with E-state index in [0.29, 0.717) is 25.1 Å². The number of imidazole rings is 1. The van der Waals surface area contributed by atoms with Crippen molar-refractivity contribution in [1.29, 1.82) is 0 Å². The van der Waals surface area contributed by atoms with E-state index in [0.717, 1.165) is 47.5 Å². The molecule has 1 fully saturated rings. The Morgan fingerprint density at radius 2 is 2.14 bits per heavy atom. The molecule has 1 aromatic carbocycles. The van der Waals surface area contributed by atoms with Gasteiger partial charge in [-0.15, -0.1) is 0 Å². The number of nitrogens with zero attached hydrogens (tertiary/aromatic N) is 4. The second-order valence-corrected chi connectivity index (χ2v) is 7.02. The molecule has 0 radical (unpaired) electrons. The molecule has 0 bridgehead atoms. The van der Waals surface area contributed by atoms with E-state index >= 15 is 0 Å². The van der Waals surface area contributed by atoms with Gasteiger partial charge in [-0.25, -0.2) is 19.7 Å². The summed E-state index contributed by atoms with van der Waals surface area (Å²) in [5.41, 5.74) is 3.49. The zero-order valence-electron chi connectivity index (χ0n) is 16.6. The minimum absolute atomic E-state index is 0.288. The topological polar surface area (TPSA) is 108 Å². The van der Waals surface area contributed by atoms with Crippen molar-refractivity contribution in [2.75, 3.05) is 37.0 Å². The minimum atomic E-state index is -0.288. The Hall–Kier alpha value is -3.20. The maximum atomic E-state index is 11.7. The van der Waals surface area contributed by atoms with E-state index in [9.17, 15) is 4.79 Å². The van der Waals surface area contributed by atoms with Crippen LogP contribution < -0.4 is 15.5 Å². The van der Waals surface area contributed by atoms with Gasteiger partial charge < -0.3 is 19.9 Å².